The Morgan fingerprint density at radius 2 is 2.17 bits per heavy atom. The highest BCUT2D eigenvalue weighted by Crippen LogP contribution is 2.26. The van der Waals surface area contributed by atoms with Crippen molar-refractivity contribution in [2.75, 3.05) is 19.5 Å². The molecule has 0 bridgehead atoms. The van der Waals surface area contributed by atoms with E-state index in [1.807, 2.05) is 0 Å². The summed E-state index contributed by atoms with van der Waals surface area (Å²) in [6, 6.07) is 4.28. The number of anilines is 1. The van der Waals surface area contributed by atoms with Crippen LogP contribution in [-0.2, 0) is 11.3 Å². The number of rotatable bonds is 4. The van der Waals surface area contributed by atoms with Crippen LogP contribution in [0.2, 0.25) is 0 Å². The van der Waals surface area contributed by atoms with E-state index in [-0.39, 0.29) is 11.7 Å². The van der Waals surface area contributed by atoms with E-state index in [4.69, 9.17) is 9.57 Å². The summed E-state index contributed by atoms with van der Waals surface area (Å²) in [4.78, 5) is 20.6. The van der Waals surface area contributed by atoms with Crippen LogP contribution < -0.4 is 10.1 Å². The third kappa shape index (κ3) is 2.97. The number of ether oxygens (including phenoxy) is 1. The van der Waals surface area contributed by atoms with Crippen molar-refractivity contribution in [2.24, 2.45) is 5.16 Å². The highest BCUT2D eigenvalue weighted by Gasteiger charge is 2.25. The Labute approximate surface area is 138 Å². The Morgan fingerprint density at radius 3 is 2.88 bits per heavy atom. The molecule has 3 rings (SSSR count). The quantitative estimate of drug-likeness (QED) is 0.845. The largest absolute Gasteiger partial charge is 0.494 e. The predicted molar refractivity (Wildman–Crippen MR) is 88.2 cm³/mol. The van der Waals surface area contributed by atoms with Crippen LogP contribution in [0, 0.1) is 5.82 Å². The standard InChI is InChI=1S/C17H18FN3O3/c1-23-15-7-6-10(8-12(15)18)20-17(22)11-9-19-13-4-3-5-14(16(11)13)21-24-2/h6-9,19H,3-5H2,1-2H3,(H,20,22). The average molecular weight is 331 g/mol. The van der Waals surface area contributed by atoms with Crippen molar-refractivity contribution in [2.45, 2.75) is 19.3 Å². The summed E-state index contributed by atoms with van der Waals surface area (Å²) in [5.41, 5.74) is 3.30. The van der Waals surface area contributed by atoms with E-state index >= 15 is 0 Å². The Balaban J connectivity index is 1.88. The molecule has 1 aromatic carbocycles. The molecule has 0 radical (unpaired) electrons. The number of carbonyl (C=O) groups is 1. The molecule has 1 aromatic heterocycles. The van der Waals surface area contributed by atoms with E-state index in [2.05, 4.69) is 15.5 Å². The number of nitrogens with one attached hydrogen (secondary N) is 2. The minimum Gasteiger partial charge on any atom is -0.494 e. The van der Waals surface area contributed by atoms with Gasteiger partial charge >= 0.3 is 0 Å². The summed E-state index contributed by atoms with van der Waals surface area (Å²) in [6.07, 6.45) is 4.19. The van der Waals surface area contributed by atoms with Crippen LogP contribution in [-0.4, -0.2) is 30.8 Å². The van der Waals surface area contributed by atoms with E-state index in [0.29, 0.717) is 11.3 Å². The van der Waals surface area contributed by atoms with E-state index in [9.17, 15) is 9.18 Å². The predicted octanol–water partition coefficient (Wildman–Crippen LogP) is 3.10. The molecular formula is C17H18FN3O3. The van der Waals surface area contributed by atoms with Gasteiger partial charge in [-0.15, -0.1) is 0 Å². The number of carbonyl (C=O) groups excluding carboxylic acids is 1. The average Bonchev–Trinajstić information content (AvgIpc) is 3.00. The first-order chi connectivity index (χ1) is 11.6. The van der Waals surface area contributed by atoms with Crippen molar-refractivity contribution in [1.82, 2.24) is 4.98 Å². The number of halogens is 1. The number of aromatic amines is 1. The molecule has 0 saturated carbocycles. The van der Waals surface area contributed by atoms with Crippen molar-refractivity contribution < 1.29 is 18.8 Å². The number of aryl methyl sites for hydroxylation is 1. The fourth-order valence-corrected chi connectivity index (χ4v) is 2.87. The minimum absolute atomic E-state index is 0.126. The molecule has 1 amide bonds. The van der Waals surface area contributed by atoms with Gasteiger partial charge in [0.1, 0.15) is 7.11 Å². The minimum atomic E-state index is -0.534. The van der Waals surface area contributed by atoms with Crippen LogP contribution in [0.4, 0.5) is 10.1 Å². The number of fused-ring (bicyclic) bond motifs is 1. The van der Waals surface area contributed by atoms with Crippen LogP contribution in [0.15, 0.2) is 29.6 Å². The fourth-order valence-electron chi connectivity index (χ4n) is 2.87. The molecule has 0 fully saturated rings. The molecule has 2 N–H and O–H groups in total. The van der Waals surface area contributed by atoms with Gasteiger partial charge < -0.3 is 19.9 Å². The van der Waals surface area contributed by atoms with Gasteiger partial charge in [0.25, 0.3) is 5.91 Å². The Morgan fingerprint density at radius 1 is 1.33 bits per heavy atom. The molecule has 0 unspecified atom stereocenters. The second kappa shape index (κ2) is 6.74. The maximum Gasteiger partial charge on any atom is 0.257 e. The molecule has 1 aliphatic rings. The van der Waals surface area contributed by atoms with Gasteiger partial charge in [0.05, 0.1) is 18.4 Å². The number of benzene rings is 1. The molecule has 2 aromatic rings. The SMILES string of the molecule is CON=C1CCCc2[nH]cc(C(=O)Nc3ccc(OC)c(F)c3)c21. The fraction of sp³-hybridized carbons (Fsp3) is 0.294. The topological polar surface area (TPSA) is 75.7 Å². The van der Waals surface area contributed by atoms with E-state index in [0.717, 1.165) is 36.2 Å². The lowest BCUT2D eigenvalue weighted by Gasteiger charge is -2.15. The summed E-state index contributed by atoms with van der Waals surface area (Å²) < 4.78 is 18.6. The first-order valence-electron chi connectivity index (χ1n) is 7.59. The first kappa shape index (κ1) is 16.0. The molecule has 1 aliphatic carbocycles. The third-order valence-electron chi connectivity index (χ3n) is 3.95. The van der Waals surface area contributed by atoms with Crippen LogP contribution in [0.1, 0.15) is 34.5 Å². The smallest absolute Gasteiger partial charge is 0.257 e. The van der Waals surface area contributed by atoms with Crippen molar-refractivity contribution in [1.29, 1.82) is 0 Å². The number of aromatic nitrogens is 1. The zero-order valence-corrected chi connectivity index (χ0v) is 13.5. The number of amides is 1. The van der Waals surface area contributed by atoms with Crippen molar-refractivity contribution in [3.63, 3.8) is 0 Å². The zero-order valence-electron chi connectivity index (χ0n) is 13.5. The van der Waals surface area contributed by atoms with Gasteiger partial charge in [-0.05, 0) is 31.4 Å². The highest BCUT2D eigenvalue weighted by molar-refractivity contribution is 6.15. The molecule has 0 aliphatic heterocycles. The number of nitrogens with zero attached hydrogens (tertiary/aromatic N) is 1. The third-order valence-corrected chi connectivity index (χ3v) is 3.95. The number of methoxy groups -OCH3 is 1. The lowest BCUT2D eigenvalue weighted by atomic mass is 9.93. The van der Waals surface area contributed by atoms with Crippen molar-refractivity contribution >= 4 is 17.3 Å². The molecule has 7 heteroatoms. The van der Waals surface area contributed by atoms with Crippen LogP contribution in [0.25, 0.3) is 0 Å². The second-order valence-electron chi connectivity index (χ2n) is 5.43. The molecule has 24 heavy (non-hydrogen) atoms. The molecule has 1 heterocycles. The maximum absolute atomic E-state index is 13.8. The molecule has 126 valence electrons. The van der Waals surface area contributed by atoms with E-state index in [1.54, 1.807) is 12.3 Å². The summed E-state index contributed by atoms with van der Waals surface area (Å²) in [5, 5.41) is 6.72. The number of oxime groups is 1. The Hall–Kier alpha value is -2.83. The molecule has 0 spiro atoms. The van der Waals surface area contributed by atoms with Crippen molar-refractivity contribution in [3.05, 3.63) is 47.0 Å². The van der Waals surface area contributed by atoms with E-state index in [1.165, 1.54) is 26.4 Å². The first-order valence-corrected chi connectivity index (χ1v) is 7.59. The van der Waals surface area contributed by atoms with Gasteiger partial charge in [-0.2, -0.15) is 0 Å². The lowest BCUT2D eigenvalue weighted by Crippen LogP contribution is -2.18. The van der Waals surface area contributed by atoms with Gasteiger partial charge in [0.15, 0.2) is 11.6 Å². The van der Waals surface area contributed by atoms with E-state index < -0.39 is 5.82 Å². The Bertz CT molecular complexity index is 798. The molecule has 0 atom stereocenters. The molecule has 6 nitrogen and oxygen atoms in total. The normalized spacial score (nSPS) is 15.0. The van der Waals surface area contributed by atoms with Gasteiger partial charge in [0, 0.05) is 29.2 Å². The van der Waals surface area contributed by atoms with Gasteiger partial charge in [-0.1, -0.05) is 5.16 Å². The van der Waals surface area contributed by atoms with Gasteiger partial charge in [-0.3, -0.25) is 4.79 Å². The highest BCUT2D eigenvalue weighted by atomic mass is 19.1. The van der Waals surface area contributed by atoms with Crippen LogP contribution in [0.3, 0.4) is 0 Å². The second-order valence-corrected chi connectivity index (χ2v) is 5.43. The summed E-state index contributed by atoms with van der Waals surface area (Å²) >= 11 is 0. The van der Waals surface area contributed by atoms with Gasteiger partial charge in [0.2, 0.25) is 0 Å². The maximum atomic E-state index is 13.8. The number of hydrogen-bond acceptors (Lipinski definition) is 4. The lowest BCUT2D eigenvalue weighted by molar-refractivity contribution is 0.102. The van der Waals surface area contributed by atoms with Crippen LogP contribution >= 0.6 is 0 Å². The zero-order chi connectivity index (χ0) is 17.1. The molecule has 0 saturated heterocycles. The Kier molecular flexibility index (Phi) is 4.50. The summed E-state index contributed by atoms with van der Waals surface area (Å²) in [5.74, 6) is -0.739. The van der Waals surface area contributed by atoms with Gasteiger partial charge in [-0.25, -0.2) is 4.39 Å². The van der Waals surface area contributed by atoms with Crippen molar-refractivity contribution in [3.8, 4) is 5.75 Å². The monoisotopic (exact) mass is 331 g/mol. The van der Waals surface area contributed by atoms with Crippen LogP contribution in [0.5, 0.6) is 5.75 Å². The summed E-state index contributed by atoms with van der Waals surface area (Å²) in [7, 11) is 2.87. The number of H-pyrrole nitrogens is 1. The number of hydrogen-bond donors (Lipinski definition) is 2. The molecular weight excluding hydrogens is 313 g/mol. The summed E-state index contributed by atoms with van der Waals surface area (Å²) in [6.45, 7) is 0.